The van der Waals surface area contributed by atoms with Crippen LogP contribution in [0.3, 0.4) is 0 Å². The van der Waals surface area contributed by atoms with Crippen LogP contribution in [0.2, 0.25) is 0 Å². The van der Waals surface area contributed by atoms with Gasteiger partial charge in [-0.3, -0.25) is 4.79 Å². The maximum Gasteiger partial charge on any atom is 0.226 e. The number of hydrogen-bond acceptors (Lipinski definition) is 3. The van der Waals surface area contributed by atoms with Gasteiger partial charge in [0.1, 0.15) is 5.75 Å². The number of nitrogens with zero attached hydrogens (tertiary/aromatic N) is 1. The van der Waals surface area contributed by atoms with Gasteiger partial charge in [-0.05, 0) is 42.6 Å². The lowest BCUT2D eigenvalue weighted by molar-refractivity contribution is -0.130. The summed E-state index contributed by atoms with van der Waals surface area (Å²) in [7, 11) is 0. The van der Waals surface area contributed by atoms with Crippen LogP contribution in [0.15, 0.2) is 54.6 Å². The van der Waals surface area contributed by atoms with Crippen molar-refractivity contribution in [3.8, 4) is 5.75 Å². The molecular weight excluding hydrogens is 348 g/mol. The van der Waals surface area contributed by atoms with Crippen molar-refractivity contribution >= 4 is 18.3 Å². The molecule has 140 valence electrons. The highest BCUT2D eigenvalue weighted by Crippen LogP contribution is 2.32. The molecule has 3 rings (SSSR count). The second-order valence-electron chi connectivity index (χ2n) is 6.73. The fourth-order valence-corrected chi connectivity index (χ4v) is 3.51. The van der Waals surface area contributed by atoms with E-state index in [4.69, 9.17) is 10.5 Å². The molecule has 1 heterocycles. The average Bonchev–Trinajstić information content (AvgIpc) is 3.07. The zero-order chi connectivity index (χ0) is 17.6. The number of rotatable bonds is 6. The van der Waals surface area contributed by atoms with E-state index in [0.717, 1.165) is 24.4 Å². The Morgan fingerprint density at radius 3 is 2.62 bits per heavy atom. The van der Waals surface area contributed by atoms with E-state index in [-0.39, 0.29) is 18.3 Å². The number of aryl methyl sites for hydroxylation is 1. The number of halogens is 1. The second-order valence-corrected chi connectivity index (χ2v) is 6.73. The zero-order valence-electron chi connectivity index (χ0n) is 15.1. The van der Waals surface area contributed by atoms with Gasteiger partial charge in [0.25, 0.3) is 0 Å². The Balaban J connectivity index is 0.00000243. The monoisotopic (exact) mass is 374 g/mol. The van der Waals surface area contributed by atoms with Crippen LogP contribution in [-0.2, 0) is 4.79 Å². The van der Waals surface area contributed by atoms with E-state index >= 15 is 0 Å². The molecule has 1 amide bonds. The van der Waals surface area contributed by atoms with Crippen molar-refractivity contribution in [2.75, 3.05) is 26.2 Å². The number of carbonyl (C=O) groups excluding carboxylic acids is 1. The molecule has 1 fully saturated rings. The van der Waals surface area contributed by atoms with Gasteiger partial charge in [0.05, 0.1) is 13.0 Å². The van der Waals surface area contributed by atoms with Crippen molar-refractivity contribution < 1.29 is 9.53 Å². The van der Waals surface area contributed by atoms with E-state index in [1.54, 1.807) is 0 Å². The van der Waals surface area contributed by atoms with Crippen molar-refractivity contribution in [3.63, 3.8) is 0 Å². The normalized spacial score (nSPS) is 19.1. The third-order valence-corrected chi connectivity index (χ3v) is 4.90. The Morgan fingerprint density at radius 2 is 1.92 bits per heavy atom. The number of hydrogen-bond donors (Lipinski definition) is 1. The first-order valence-corrected chi connectivity index (χ1v) is 8.89. The summed E-state index contributed by atoms with van der Waals surface area (Å²) >= 11 is 0. The van der Waals surface area contributed by atoms with Gasteiger partial charge in [-0.25, -0.2) is 0 Å². The highest BCUT2D eigenvalue weighted by atomic mass is 35.5. The Kier molecular flexibility index (Phi) is 7.49. The number of benzene rings is 2. The summed E-state index contributed by atoms with van der Waals surface area (Å²) in [5, 5.41) is 0. The maximum absolute atomic E-state index is 12.5. The van der Waals surface area contributed by atoms with E-state index in [2.05, 4.69) is 12.1 Å². The predicted octanol–water partition coefficient (Wildman–Crippen LogP) is 3.39. The molecule has 2 aromatic rings. The van der Waals surface area contributed by atoms with Crippen LogP contribution in [-0.4, -0.2) is 37.0 Å². The van der Waals surface area contributed by atoms with Crippen LogP contribution in [0.4, 0.5) is 0 Å². The van der Waals surface area contributed by atoms with Crippen molar-refractivity contribution in [2.45, 2.75) is 19.3 Å². The van der Waals surface area contributed by atoms with Gasteiger partial charge in [-0.1, -0.05) is 42.5 Å². The van der Waals surface area contributed by atoms with E-state index in [0.29, 0.717) is 31.4 Å². The summed E-state index contributed by atoms with van der Waals surface area (Å²) in [5.74, 6) is 1.61. The first kappa shape index (κ1) is 20.3. The van der Waals surface area contributed by atoms with Crippen LogP contribution in [0.5, 0.6) is 5.75 Å². The van der Waals surface area contributed by atoms with Gasteiger partial charge in [-0.15, -0.1) is 12.4 Å². The Hall–Kier alpha value is -2.04. The summed E-state index contributed by atoms with van der Waals surface area (Å²) < 4.78 is 5.71. The highest BCUT2D eigenvalue weighted by molar-refractivity contribution is 5.85. The molecule has 2 N–H and O–H groups in total. The zero-order valence-corrected chi connectivity index (χ0v) is 16.0. The van der Waals surface area contributed by atoms with E-state index in [1.807, 2.05) is 54.3 Å². The molecular formula is C21H27ClN2O2. The van der Waals surface area contributed by atoms with Crippen LogP contribution in [0.25, 0.3) is 0 Å². The average molecular weight is 375 g/mol. The molecule has 0 unspecified atom stereocenters. The van der Waals surface area contributed by atoms with Gasteiger partial charge in [0.2, 0.25) is 5.91 Å². The van der Waals surface area contributed by atoms with Gasteiger partial charge < -0.3 is 15.4 Å². The lowest BCUT2D eigenvalue weighted by Gasteiger charge is -2.17. The molecule has 0 bridgehead atoms. The third-order valence-electron chi connectivity index (χ3n) is 4.90. The molecule has 26 heavy (non-hydrogen) atoms. The molecule has 2 atom stereocenters. The molecule has 5 heteroatoms. The second kappa shape index (κ2) is 9.60. The Morgan fingerprint density at radius 1 is 1.15 bits per heavy atom. The van der Waals surface area contributed by atoms with Gasteiger partial charge in [-0.2, -0.15) is 0 Å². The minimum absolute atomic E-state index is 0. The molecule has 0 aliphatic carbocycles. The van der Waals surface area contributed by atoms with Crippen molar-refractivity contribution in [2.24, 2.45) is 11.7 Å². The molecule has 1 aliphatic rings. The molecule has 0 saturated carbocycles. The highest BCUT2D eigenvalue weighted by Gasteiger charge is 2.34. The third kappa shape index (κ3) is 4.99. The molecule has 1 saturated heterocycles. The molecule has 2 aromatic carbocycles. The number of likely N-dealkylation sites (tertiary alicyclic amines) is 1. The number of carbonyl (C=O) groups is 1. The predicted molar refractivity (Wildman–Crippen MR) is 107 cm³/mol. The molecule has 4 nitrogen and oxygen atoms in total. The molecule has 0 aromatic heterocycles. The van der Waals surface area contributed by atoms with Crippen molar-refractivity contribution in [1.82, 2.24) is 4.90 Å². The lowest BCUT2D eigenvalue weighted by atomic mass is 9.89. The minimum atomic E-state index is 0. The maximum atomic E-state index is 12.5. The van der Waals surface area contributed by atoms with Crippen LogP contribution in [0.1, 0.15) is 23.5 Å². The molecule has 1 aliphatic heterocycles. The van der Waals surface area contributed by atoms with Gasteiger partial charge in [0.15, 0.2) is 0 Å². The van der Waals surface area contributed by atoms with Crippen molar-refractivity contribution in [3.05, 3.63) is 65.7 Å². The molecule has 0 radical (unpaired) electrons. The lowest BCUT2D eigenvalue weighted by Crippen LogP contribution is -2.30. The summed E-state index contributed by atoms with van der Waals surface area (Å²) in [6, 6.07) is 18.2. The Bertz CT molecular complexity index is 708. The van der Waals surface area contributed by atoms with E-state index in [9.17, 15) is 4.79 Å². The standard InChI is InChI=1S/C21H26N2O2.ClH/c1-16-6-5-9-19(12-16)25-11-10-21(24)23-14-18(13-22)20(15-23)17-7-3-2-4-8-17;/h2-9,12,18,20H,10-11,13-15,22H2,1H3;1H/t18-,20+;/m1./s1. The quantitative estimate of drug-likeness (QED) is 0.843. The van der Waals surface area contributed by atoms with Gasteiger partial charge in [0, 0.05) is 19.0 Å². The van der Waals surface area contributed by atoms with Crippen LogP contribution in [0, 0.1) is 12.8 Å². The van der Waals surface area contributed by atoms with E-state index in [1.165, 1.54) is 5.56 Å². The molecule has 0 spiro atoms. The largest absolute Gasteiger partial charge is 0.493 e. The van der Waals surface area contributed by atoms with Gasteiger partial charge >= 0.3 is 0 Å². The van der Waals surface area contributed by atoms with Crippen LogP contribution < -0.4 is 10.5 Å². The SMILES string of the molecule is Cc1cccc(OCCC(=O)N2C[C@@H](CN)[C@H](c3ccccc3)C2)c1.Cl. The topological polar surface area (TPSA) is 55.6 Å². The summed E-state index contributed by atoms with van der Waals surface area (Å²) in [4.78, 5) is 14.5. The minimum Gasteiger partial charge on any atom is -0.493 e. The van der Waals surface area contributed by atoms with Crippen LogP contribution >= 0.6 is 12.4 Å². The Labute approximate surface area is 161 Å². The van der Waals surface area contributed by atoms with Crippen molar-refractivity contribution in [1.29, 1.82) is 0 Å². The summed E-state index contributed by atoms with van der Waals surface area (Å²) in [6.45, 7) is 4.51. The summed E-state index contributed by atoms with van der Waals surface area (Å²) in [5.41, 5.74) is 8.37. The van der Waals surface area contributed by atoms with E-state index < -0.39 is 0 Å². The first-order valence-electron chi connectivity index (χ1n) is 8.89. The first-order chi connectivity index (χ1) is 12.2. The summed E-state index contributed by atoms with van der Waals surface area (Å²) in [6.07, 6.45) is 0.396. The number of amides is 1. The smallest absolute Gasteiger partial charge is 0.226 e. The number of ether oxygens (including phenoxy) is 1. The fraction of sp³-hybridized carbons (Fsp3) is 0.381. The number of nitrogens with two attached hydrogens (primary N) is 1. The fourth-order valence-electron chi connectivity index (χ4n) is 3.51.